The molecule has 0 bridgehead atoms. The Hall–Kier alpha value is -2.05. The van der Waals surface area contributed by atoms with Gasteiger partial charge < -0.3 is 20.5 Å². The van der Waals surface area contributed by atoms with Crippen molar-refractivity contribution in [3.8, 4) is 11.5 Å². The van der Waals surface area contributed by atoms with Crippen molar-refractivity contribution in [3.05, 3.63) is 40.6 Å². The Balaban J connectivity index is 2.03. The zero-order valence-electron chi connectivity index (χ0n) is 11.1. The van der Waals surface area contributed by atoms with Gasteiger partial charge in [0.05, 0.1) is 12.0 Å². The minimum absolute atomic E-state index is 0.172. The third-order valence-electron chi connectivity index (χ3n) is 2.51. The standard InChI is InChI=1S/C14H16N2O3S/c1-18-12-8-13(20-9-12)14(17)16-10-3-2-4-11(7-10)19-6-5-15/h2-4,7-9H,5-6,15H2,1H3,(H,16,17). The van der Waals surface area contributed by atoms with Gasteiger partial charge in [-0.15, -0.1) is 11.3 Å². The highest BCUT2D eigenvalue weighted by molar-refractivity contribution is 7.12. The summed E-state index contributed by atoms with van der Waals surface area (Å²) < 4.78 is 10.5. The van der Waals surface area contributed by atoms with Crippen LogP contribution < -0.4 is 20.5 Å². The molecule has 1 aromatic carbocycles. The molecular weight excluding hydrogens is 276 g/mol. The van der Waals surface area contributed by atoms with E-state index >= 15 is 0 Å². The van der Waals surface area contributed by atoms with E-state index in [4.69, 9.17) is 15.2 Å². The molecule has 1 aromatic heterocycles. The fourth-order valence-electron chi connectivity index (χ4n) is 1.58. The molecule has 0 saturated carbocycles. The number of thiophene rings is 1. The Kier molecular flexibility index (Phi) is 4.97. The molecule has 1 heterocycles. The van der Waals surface area contributed by atoms with Crippen molar-refractivity contribution < 1.29 is 14.3 Å². The summed E-state index contributed by atoms with van der Waals surface area (Å²) in [5, 5.41) is 4.60. The monoisotopic (exact) mass is 292 g/mol. The zero-order chi connectivity index (χ0) is 14.4. The van der Waals surface area contributed by atoms with Crippen molar-refractivity contribution in [2.75, 3.05) is 25.6 Å². The first-order chi connectivity index (χ1) is 9.72. The van der Waals surface area contributed by atoms with E-state index in [9.17, 15) is 4.79 Å². The third-order valence-corrected chi connectivity index (χ3v) is 3.42. The van der Waals surface area contributed by atoms with E-state index < -0.39 is 0 Å². The first-order valence-corrected chi connectivity index (χ1v) is 6.97. The van der Waals surface area contributed by atoms with E-state index in [1.54, 1.807) is 30.7 Å². The molecule has 0 aliphatic rings. The number of anilines is 1. The van der Waals surface area contributed by atoms with Gasteiger partial charge in [-0.1, -0.05) is 6.07 Å². The van der Waals surface area contributed by atoms with Crippen LogP contribution in [0.1, 0.15) is 9.67 Å². The first-order valence-electron chi connectivity index (χ1n) is 6.09. The van der Waals surface area contributed by atoms with Gasteiger partial charge in [0.15, 0.2) is 0 Å². The van der Waals surface area contributed by atoms with Crippen molar-refractivity contribution in [1.82, 2.24) is 0 Å². The summed E-state index contributed by atoms with van der Waals surface area (Å²) in [5.41, 5.74) is 6.06. The molecule has 0 aliphatic carbocycles. The average Bonchev–Trinajstić information content (AvgIpc) is 2.94. The number of amides is 1. The minimum atomic E-state index is -0.172. The molecule has 5 nitrogen and oxygen atoms in total. The van der Waals surface area contributed by atoms with Gasteiger partial charge in [-0.2, -0.15) is 0 Å². The predicted molar refractivity (Wildman–Crippen MR) is 79.8 cm³/mol. The Morgan fingerprint density at radius 1 is 1.35 bits per heavy atom. The lowest BCUT2D eigenvalue weighted by Crippen LogP contribution is -2.12. The predicted octanol–water partition coefficient (Wildman–Crippen LogP) is 2.35. The summed E-state index contributed by atoms with van der Waals surface area (Å²) in [6, 6.07) is 8.90. The molecule has 0 aliphatic heterocycles. The van der Waals surface area contributed by atoms with E-state index in [-0.39, 0.29) is 5.91 Å². The van der Waals surface area contributed by atoms with Crippen LogP contribution in [-0.4, -0.2) is 26.2 Å². The van der Waals surface area contributed by atoms with Gasteiger partial charge in [-0.25, -0.2) is 0 Å². The van der Waals surface area contributed by atoms with Crippen LogP contribution >= 0.6 is 11.3 Å². The van der Waals surface area contributed by atoms with Crippen molar-refractivity contribution in [3.63, 3.8) is 0 Å². The molecule has 0 saturated heterocycles. The molecule has 2 rings (SSSR count). The Bertz CT molecular complexity index is 583. The van der Waals surface area contributed by atoms with Crippen LogP contribution in [0.25, 0.3) is 0 Å². The number of rotatable bonds is 6. The molecule has 0 spiro atoms. The summed E-state index contributed by atoms with van der Waals surface area (Å²) in [5.74, 6) is 1.19. The number of ether oxygens (including phenoxy) is 2. The maximum atomic E-state index is 12.1. The second-order valence-electron chi connectivity index (χ2n) is 3.97. The van der Waals surface area contributed by atoms with Crippen LogP contribution in [0.5, 0.6) is 11.5 Å². The maximum Gasteiger partial charge on any atom is 0.265 e. The van der Waals surface area contributed by atoms with E-state index in [2.05, 4.69) is 5.32 Å². The SMILES string of the molecule is COc1csc(C(=O)Nc2cccc(OCCN)c2)c1. The van der Waals surface area contributed by atoms with Gasteiger partial charge in [-0.3, -0.25) is 4.79 Å². The van der Waals surface area contributed by atoms with Gasteiger partial charge in [0, 0.05) is 29.7 Å². The normalized spacial score (nSPS) is 10.1. The molecule has 1 amide bonds. The lowest BCUT2D eigenvalue weighted by Gasteiger charge is -2.07. The van der Waals surface area contributed by atoms with E-state index in [1.165, 1.54) is 11.3 Å². The second kappa shape index (κ2) is 6.93. The smallest absolute Gasteiger partial charge is 0.265 e. The number of carbonyl (C=O) groups excluding carboxylic acids is 1. The first kappa shape index (κ1) is 14.4. The Morgan fingerprint density at radius 3 is 2.90 bits per heavy atom. The quantitative estimate of drug-likeness (QED) is 0.857. The number of hydrogen-bond donors (Lipinski definition) is 2. The number of nitrogens with one attached hydrogen (secondary N) is 1. The third kappa shape index (κ3) is 3.72. The highest BCUT2D eigenvalue weighted by Gasteiger charge is 2.10. The molecule has 20 heavy (non-hydrogen) atoms. The number of hydrogen-bond acceptors (Lipinski definition) is 5. The average molecular weight is 292 g/mol. The summed E-state index contributed by atoms with van der Waals surface area (Å²) in [7, 11) is 1.57. The molecule has 0 fully saturated rings. The largest absolute Gasteiger partial charge is 0.496 e. The van der Waals surface area contributed by atoms with Crippen molar-refractivity contribution in [2.24, 2.45) is 5.73 Å². The molecule has 6 heteroatoms. The number of methoxy groups -OCH3 is 1. The van der Waals surface area contributed by atoms with E-state index in [0.717, 1.165) is 0 Å². The number of carbonyl (C=O) groups is 1. The lowest BCUT2D eigenvalue weighted by atomic mass is 10.3. The van der Waals surface area contributed by atoms with Crippen LogP contribution in [0.2, 0.25) is 0 Å². The van der Waals surface area contributed by atoms with Crippen molar-refractivity contribution >= 4 is 22.9 Å². The second-order valence-corrected chi connectivity index (χ2v) is 4.88. The topological polar surface area (TPSA) is 73.6 Å². The van der Waals surface area contributed by atoms with E-state index in [1.807, 2.05) is 12.1 Å². The minimum Gasteiger partial charge on any atom is -0.496 e. The lowest BCUT2D eigenvalue weighted by molar-refractivity contribution is 0.103. The summed E-state index contributed by atoms with van der Waals surface area (Å²) >= 11 is 1.33. The van der Waals surface area contributed by atoms with Crippen LogP contribution in [-0.2, 0) is 0 Å². The van der Waals surface area contributed by atoms with Gasteiger partial charge >= 0.3 is 0 Å². The van der Waals surface area contributed by atoms with Gasteiger partial charge in [0.1, 0.15) is 18.1 Å². The van der Waals surface area contributed by atoms with E-state index in [0.29, 0.717) is 35.2 Å². The molecule has 3 N–H and O–H groups in total. The van der Waals surface area contributed by atoms with Crippen LogP contribution in [0.15, 0.2) is 35.7 Å². The summed E-state index contributed by atoms with van der Waals surface area (Å²) in [6.45, 7) is 0.894. The molecule has 0 unspecified atom stereocenters. The van der Waals surface area contributed by atoms with Crippen molar-refractivity contribution in [2.45, 2.75) is 0 Å². The molecular formula is C14H16N2O3S. The maximum absolute atomic E-state index is 12.1. The van der Waals surface area contributed by atoms with Crippen LogP contribution in [0.4, 0.5) is 5.69 Å². The number of benzene rings is 1. The molecule has 0 atom stereocenters. The van der Waals surface area contributed by atoms with Gasteiger partial charge in [0.2, 0.25) is 0 Å². The van der Waals surface area contributed by atoms with Gasteiger partial charge in [-0.05, 0) is 12.1 Å². The molecule has 0 radical (unpaired) electrons. The highest BCUT2D eigenvalue weighted by Crippen LogP contribution is 2.23. The Labute approximate surface area is 121 Å². The van der Waals surface area contributed by atoms with Crippen molar-refractivity contribution in [1.29, 1.82) is 0 Å². The molecule has 106 valence electrons. The molecule has 2 aromatic rings. The highest BCUT2D eigenvalue weighted by atomic mass is 32.1. The van der Waals surface area contributed by atoms with Crippen LogP contribution in [0, 0.1) is 0 Å². The summed E-state index contributed by atoms with van der Waals surface area (Å²) in [6.07, 6.45) is 0. The Morgan fingerprint density at radius 2 is 2.20 bits per heavy atom. The zero-order valence-corrected chi connectivity index (χ0v) is 11.9. The van der Waals surface area contributed by atoms with Gasteiger partial charge in [0.25, 0.3) is 5.91 Å². The number of nitrogens with two attached hydrogens (primary N) is 1. The fraction of sp³-hybridized carbons (Fsp3) is 0.214. The van der Waals surface area contributed by atoms with Crippen LogP contribution in [0.3, 0.4) is 0 Å². The summed E-state index contributed by atoms with van der Waals surface area (Å²) in [4.78, 5) is 12.6. The fourth-order valence-corrected chi connectivity index (χ4v) is 2.33.